The number of fused-ring (bicyclic) bond motifs is 1. The molecule has 3 aromatic rings. The molecule has 4 rings (SSSR count). The van der Waals surface area contributed by atoms with Crippen molar-refractivity contribution in [1.82, 2.24) is 15.3 Å². The van der Waals surface area contributed by atoms with Gasteiger partial charge in [0.25, 0.3) is 5.91 Å². The maximum absolute atomic E-state index is 13.8. The lowest BCUT2D eigenvalue weighted by Crippen LogP contribution is -2.26. The van der Waals surface area contributed by atoms with Crippen LogP contribution in [0.1, 0.15) is 28.9 Å². The number of nitrogens with one attached hydrogen (secondary N) is 3. The van der Waals surface area contributed by atoms with Crippen molar-refractivity contribution in [3.05, 3.63) is 45.8 Å². The fourth-order valence-corrected chi connectivity index (χ4v) is 3.64. The first-order valence-corrected chi connectivity index (χ1v) is 9.31. The minimum atomic E-state index is -0.379. The van der Waals surface area contributed by atoms with Crippen LogP contribution < -0.4 is 10.6 Å². The number of carbonyl (C=O) groups excluding carboxylic acids is 1. The Labute approximate surface area is 152 Å². The van der Waals surface area contributed by atoms with E-state index in [4.69, 9.17) is 11.6 Å². The van der Waals surface area contributed by atoms with Gasteiger partial charge in [0.1, 0.15) is 11.5 Å². The molecule has 1 aliphatic rings. The van der Waals surface area contributed by atoms with Gasteiger partial charge in [-0.25, -0.2) is 9.37 Å². The fourth-order valence-electron chi connectivity index (χ4n) is 2.67. The van der Waals surface area contributed by atoms with Gasteiger partial charge in [-0.3, -0.25) is 4.79 Å². The number of aromatic nitrogens is 2. The van der Waals surface area contributed by atoms with Gasteiger partial charge in [0, 0.05) is 34.6 Å². The van der Waals surface area contributed by atoms with Crippen LogP contribution in [0, 0.1) is 5.82 Å². The molecule has 1 amide bonds. The van der Waals surface area contributed by atoms with Crippen molar-refractivity contribution in [2.24, 2.45) is 0 Å². The molecule has 1 saturated carbocycles. The van der Waals surface area contributed by atoms with Crippen LogP contribution >= 0.6 is 22.9 Å². The third-order valence-corrected chi connectivity index (χ3v) is 5.11. The summed E-state index contributed by atoms with van der Waals surface area (Å²) in [4.78, 5) is 19.4. The third kappa shape index (κ3) is 3.62. The zero-order valence-corrected chi connectivity index (χ0v) is 14.8. The molecule has 0 bridgehead atoms. The van der Waals surface area contributed by atoms with Crippen LogP contribution in [0.25, 0.3) is 10.9 Å². The van der Waals surface area contributed by atoms with Gasteiger partial charge < -0.3 is 15.6 Å². The van der Waals surface area contributed by atoms with Crippen LogP contribution in [-0.4, -0.2) is 28.5 Å². The summed E-state index contributed by atoms with van der Waals surface area (Å²) >= 11 is 7.36. The van der Waals surface area contributed by atoms with Gasteiger partial charge in [-0.2, -0.15) is 0 Å². The number of nitrogens with zero attached hydrogens (tertiary/aromatic N) is 1. The molecule has 25 heavy (non-hydrogen) atoms. The van der Waals surface area contributed by atoms with Crippen LogP contribution in [0.4, 0.5) is 9.52 Å². The minimum Gasteiger partial charge on any atom is -0.359 e. The van der Waals surface area contributed by atoms with Crippen molar-refractivity contribution in [3.63, 3.8) is 0 Å². The Kier molecular flexibility index (Phi) is 4.35. The molecule has 0 saturated heterocycles. The van der Waals surface area contributed by atoms with Gasteiger partial charge in [-0.1, -0.05) is 11.6 Å². The average molecular weight is 379 g/mol. The van der Waals surface area contributed by atoms with Gasteiger partial charge >= 0.3 is 0 Å². The lowest BCUT2D eigenvalue weighted by atomic mass is 10.1. The number of amides is 1. The predicted molar refractivity (Wildman–Crippen MR) is 98.1 cm³/mol. The number of hydrogen-bond donors (Lipinski definition) is 3. The zero-order chi connectivity index (χ0) is 17.4. The molecule has 0 unspecified atom stereocenters. The van der Waals surface area contributed by atoms with Crippen LogP contribution in [0.15, 0.2) is 23.7 Å². The highest BCUT2D eigenvalue weighted by molar-refractivity contribution is 7.13. The molecule has 0 spiro atoms. The monoisotopic (exact) mass is 378 g/mol. The summed E-state index contributed by atoms with van der Waals surface area (Å²) in [6.45, 7) is 0.433. The summed E-state index contributed by atoms with van der Waals surface area (Å²) < 4.78 is 13.8. The molecule has 1 fully saturated rings. The minimum absolute atomic E-state index is 0.204. The maximum Gasteiger partial charge on any atom is 0.270 e. The number of benzene rings is 1. The number of thiazole rings is 1. The molecule has 1 aliphatic carbocycles. The Morgan fingerprint density at radius 3 is 3.08 bits per heavy atom. The number of anilines is 1. The van der Waals surface area contributed by atoms with Crippen molar-refractivity contribution < 1.29 is 9.18 Å². The van der Waals surface area contributed by atoms with Gasteiger partial charge in [0.05, 0.1) is 5.52 Å². The molecule has 1 aromatic carbocycles. The largest absolute Gasteiger partial charge is 0.359 e. The number of hydrogen-bond acceptors (Lipinski definition) is 4. The Morgan fingerprint density at radius 2 is 2.28 bits per heavy atom. The third-order valence-electron chi connectivity index (χ3n) is 4.11. The highest BCUT2D eigenvalue weighted by atomic mass is 35.5. The van der Waals surface area contributed by atoms with Crippen molar-refractivity contribution >= 4 is 44.9 Å². The molecule has 0 aliphatic heterocycles. The summed E-state index contributed by atoms with van der Waals surface area (Å²) in [6.07, 6.45) is 4.65. The van der Waals surface area contributed by atoms with E-state index in [1.54, 1.807) is 17.6 Å². The standard InChI is InChI=1S/C17H16ClFN4OS/c18-10-5-12-9(7-21-15(12)13(19)6-10)3-4-20-16(24)14-8-25-17(23-14)22-11-1-2-11/h5-8,11,21H,1-4H2,(H,20,24)(H,22,23). The lowest BCUT2D eigenvalue weighted by Gasteiger charge is -2.03. The number of rotatable bonds is 6. The first-order valence-electron chi connectivity index (χ1n) is 8.05. The Bertz CT molecular complexity index is 934. The SMILES string of the molecule is O=C(NCCc1c[nH]c2c(F)cc(Cl)cc12)c1csc(NC2CC2)n1. The van der Waals surface area contributed by atoms with Crippen molar-refractivity contribution in [1.29, 1.82) is 0 Å². The van der Waals surface area contributed by atoms with Crippen molar-refractivity contribution in [2.45, 2.75) is 25.3 Å². The average Bonchev–Trinajstić information content (AvgIpc) is 3.10. The molecular formula is C17H16ClFN4OS. The normalized spacial score (nSPS) is 14.0. The maximum atomic E-state index is 13.8. The zero-order valence-electron chi connectivity index (χ0n) is 13.2. The highest BCUT2D eigenvalue weighted by Gasteiger charge is 2.22. The van der Waals surface area contributed by atoms with E-state index >= 15 is 0 Å². The number of aromatic amines is 1. The molecule has 2 heterocycles. The molecule has 8 heteroatoms. The molecule has 2 aromatic heterocycles. The highest BCUT2D eigenvalue weighted by Crippen LogP contribution is 2.27. The van der Waals surface area contributed by atoms with Crippen LogP contribution in [-0.2, 0) is 6.42 Å². The Hall–Kier alpha value is -2.12. The Morgan fingerprint density at radius 1 is 1.44 bits per heavy atom. The van der Waals surface area contributed by atoms with Gasteiger partial charge in [-0.05, 0) is 37.0 Å². The summed E-state index contributed by atoms with van der Waals surface area (Å²) in [7, 11) is 0. The molecule has 3 N–H and O–H groups in total. The van der Waals surface area contributed by atoms with E-state index < -0.39 is 0 Å². The smallest absolute Gasteiger partial charge is 0.270 e. The van der Waals surface area contributed by atoms with Crippen LogP contribution in [0.5, 0.6) is 0 Å². The first-order chi connectivity index (χ1) is 12.1. The van der Waals surface area contributed by atoms with Crippen LogP contribution in [0.2, 0.25) is 5.02 Å². The number of H-pyrrole nitrogens is 1. The van der Waals surface area contributed by atoms with Crippen molar-refractivity contribution in [3.8, 4) is 0 Å². The quantitative estimate of drug-likeness (QED) is 0.608. The van der Waals surface area contributed by atoms with E-state index in [1.807, 2.05) is 0 Å². The van der Waals surface area contributed by atoms with Crippen molar-refractivity contribution in [2.75, 3.05) is 11.9 Å². The van der Waals surface area contributed by atoms with E-state index in [0.29, 0.717) is 35.2 Å². The second-order valence-electron chi connectivity index (χ2n) is 6.09. The first kappa shape index (κ1) is 16.4. The predicted octanol–water partition coefficient (Wildman–Crippen LogP) is 3.96. The summed E-state index contributed by atoms with van der Waals surface area (Å²) in [6, 6.07) is 3.52. The summed E-state index contributed by atoms with van der Waals surface area (Å²) in [5.74, 6) is -0.583. The number of halogens is 2. The molecule has 0 atom stereocenters. The summed E-state index contributed by atoms with van der Waals surface area (Å²) in [5.41, 5.74) is 1.76. The van der Waals surface area contributed by atoms with E-state index in [1.165, 1.54) is 17.4 Å². The second-order valence-corrected chi connectivity index (χ2v) is 7.38. The molecule has 5 nitrogen and oxygen atoms in total. The van der Waals surface area contributed by atoms with E-state index in [2.05, 4.69) is 20.6 Å². The van der Waals surface area contributed by atoms with Gasteiger partial charge in [-0.15, -0.1) is 11.3 Å². The lowest BCUT2D eigenvalue weighted by molar-refractivity contribution is 0.0950. The fraction of sp³-hybridized carbons (Fsp3) is 0.294. The van der Waals surface area contributed by atoms with Gasteiger partial charge in [0.2, 0.25) is 0 Å². The molecule has 0 radical (unpaired) electrons. The van der Waals surface area contributed by atoms with Gasteiger partial charge in [0.15, 0.2) is 5.13 Å². The van der Waals surface area contributed by atoms with E-state index in [0.717, 1.165) is 28.9 Å². The van der Waals surface area contributed by atoms with E-state index in [-0.39, 0.29) is 11.7 Å². The summed E-state index contributed by atoms with van der Waals surface area (Å²) in [5, 5.41) is 9.76. The van der Waals surface area contributed by atoms with E-state index in [9.17, 15) is 9.18 Å². The number of carbonyl (C=O) groups is 1. The topological polar surface area (TPSA) is 69.8 Å². The second kappa shape index (κ2) is 6.65. The molecule has 130 valence electrons. The molecular weight excluding hydrogens is 363 g/mol. The van der Waals surface area contributed by atoms with Crippen LogP contribution in [0.3, 0.4) is 0 Å². The Balaban J connectivity index is 1.37.